The van der Waals surface area contributed by atoms with Crippen LogP contribution in [0.1, 0.15) is 20.3 Å². The molecule has 0 aliphatic heterocycles. The Bertz CT molecular complexity index is 362. The van der Waals surface area contributed by atoms with Crippen molar-refractivity contribution in [3.8, 4) is 0 Å². The molecule has 1 aromatic rings. The molecule has 0 saturated carbocycles. The molecule has 0 heterocycles. The Morgan fingerprint density at radius 1 is 1.28 bits per heavy atom. The Morgan fingerprint density at radius 2 is 2.00 bits per heavy atom. The molecule has 1 rings (SSSR count). The van der Waals surface area contributed by atoms with Crippen LogP contribution in [0.3, 0.4) is 0 Å². The molecule has 102 valence electrons. The van der Waals surface area contributed by atoms with Gasteiger partial charge in [0, 0.05) is 19.2 Å². The molecule has 2 nitrogen and oxygen atoms in total. The third kappa shape index (κ3) is 5.19. The summed E-state index contributed by atoms with van der Waals surface area (Å²) in [6, 6.07) is 1.88. The van der Waals surface area contributed by atoms with Crippen molar-refractivity contribution in [3.63, 3.8) is 0 Å². The average Bonchev–Trinajstić information content (AvgIpc) is 2.25. The first-order valence-corrected chi connectivity index (χ1v) is 6.34. The average molecular weight is 278 g/mol. The second-order valence-corrected chi connectivity index (χ2v) is 4.87. The van der Waals surface area contributed by atoms with E-state index in [1.165, 1.54) is 0 Å². The molecular weight excluding hydrogens is 260 g/mol. The zero-order valence-corrected chi connectivity index (χ0v) is 11.4. The van der Waals surface area contributed by atoms with Crippen LogP contribution >= 0.6 is 11.6 Å². The van der Waals surface area contributed by atoms with Crippen LogP contribution in [0.25, 0.3) is 0 Å². The van der Waals surface area contributed by atoms with E-state index >= 15 is 0 Å². The molecule has 0 saturated heterocycles. The molecule has 0 bridgehead atoms. The second-order valence-electron chi connectivity index (χ2n) is 4.47. The van der Waals surface area contributed by atoms with Crippen molar-refractivity contribution in [2.24, 2.45) is 5.92 Å². The van der Waals surface area contributed by atoms with E-state index in [0.717, 1.165) is 18.6 Å². The number of halogens is 3. The molecule has 0 unspecified atom stereocenters. The Balaban J connectivity index is 2.31. The molecule has 0 aliphatic carbocycles. The zero-order chi connectivity index (χ0) is 13.5. The first kappa shape index (κ1) is 15.2. The fourth-order valence-corrected chi connectivity index (χ4v) is 1.64. The van der Waals surface area contributed by atoms with Crippen LogP contribution in [0.2, 0.25) is 5.02 Å². The van der Waals surface area contributed by atoms with E-state index in [9.17, 15) is 8.78 Å². The molecule has 0 spiro atoms. The number of hydrogen-bond acceptors (Lipinski definition) is 2. The SMILES string of the molecule is CC(C)CCOCCNc1c(F)cc(F)cc1Cl. The molecular formula is C13H18ClF2NO. The van der Waals surface area contributed by atoms with Crippen LogP contribution in [0, 0.1) is 17.6 Å². The van der Waals surface area contributed by atoms with Crippen LogP contribution in [0.5, 0.6) is 0 Å². The molecule has 5 heteroatoms. The summed E-state index contributed by atoms with van der Waals surface area (Å²) in [5.74, 6) is -0.777. The number of benzene rings is 1. The number of anilines is 1. The monoisotopic (exact) mass is 277 g/mol. The Morgan fingerprint density at radius 3 is 2.61 bits per heavy atom. The maximum atomic E-state index is 13.4. The van der Waals surface area contributed by atoms with Gasteiger partial charge in [0.05, 0.1) is 17.3 Å². The van der Waals surface area contributed by atoms with Gasteiger partial charge in [-0.15, -0.1) is 0 Å². The third-order valence-electron chi connectivity index (χ3n) is 2.39. The molecule has 0 fully saturated rings. The van der Waals surface area contributed by atoms with E-state index < -0.39 is 11.6 Å². The first-order chi connectivity index (χ1) is 8.50. The van der Waals surface area contributed by atoms with Gasteiger partial charge >= 0.3 is 0 Å². The number of nitrogens with one attached hydrogen (secondary N) is 1. The van der Waals surface area contributed by atoms with E-state index in [2.05, 4.69) is 19.2 Å². The van der Waals surface area contributed by atoms with Gasteiger partial charge in [-0.2, -0.15) is 0 Å². The number of rotatable bonds is 7. The van der Waals surface area contributed by atoms with Gasteiger partial charge in [-0.05, 0) is 18.4 Å². The maximum absolute atomic E-state index is 13.4. The standard InChI is InChI=1S/C13H18ClF2NO/c1-9(2)3-5-18-6-4-17-13-11(14)7-10(15)8-12(13)16/h7-9,17H,3-6H2,1-2H3. The summed E-state index contributed by atoms with van der Waals surface area (Å²) in [6.07, 6.45) is 0.992. The molecule has 1 N–H and O–H groups in total. The molecule has 0 atom stereocenters. The van der Waals surface area contributed by atoms with Gasteiger partial charge in [-0.1, -0.05) is 25.4 Å². The largest absolute Gasteiger partial charge is 0.380 e. The summed E-state index contributed by atoms with van der Waals surface area (Å²) in [4.78, 5) is 0. The van der Waals surface area contributed by atoms with Crippen molar-refractivity contribution in [2.75, 3.05) is 25.1 Å². The van der Waals surface area contributed by atoms with Gasteiger partial charge in [-0.25, -0.2) is 8.78 Å². The van der Waals surface area contributed by atoms with Crippen LogP contribution in [0.15, 0.2) is 12.1 Å². The Labute approximate surface area is 111 Å². The van der Waals surface area contributed by atoms with Crippen LogP contribution in [-0.2, 0) is 4.74 Å². The first-order valence-electron chi connectivity index (χ1n) is 5.97. The highest BCUT2D eigenvalue weighted by Gasteiger charge is 2.09. The highest BCUT2D eigenvalue weighted by atomic mass is 35.5. The zero-order valence-electron chi connectivity index (χ0n) is 10.6. The summed E-state index contributed by atoms with van der Waals surface area (Å²) in [5.41, 5.74) is 0.116. The minimum absolute atomic E-state index is 0.0367. The number of hydrogen-bond donors (Lipinski definition) is 1. The molecule has 0 aliphatic rings. The van der Waals surface area contributed by atoms with Crippen molar-refractivity contribution >= 4 is 17.3 Å². The minimum atomic E-state index is -0.692. The lowest BCUT2D eigenvalue weighted by molar-refractivity contribution is 0.132. The lowest BCUT2D eigenvalue weighted by Crippen LogP contribution is -2.12. The van der Waals surface area contributed by atoms with Gasteiger partial charge in [-0.3, -0.25) is 0 Å². The summed E-state index contributed by atoms with van der Waals surface area (Å²) >= 11 is 5.73. The Hall–Kier alpha value is -0.870. The predicted octanol–water partition coefficient (Wildman–Crippen LogP) is 4.09. The van der Waals surface area contributed by atoms with E-state index in [1.807, 2.05) is 0 Å². The summed E-state index contributed by atoms with van der Waals surface area (Å²) < 4.78 is 31.5. The molecule has 18 heavy (non-hydrogen) atoms. The molecule has 0 radical (unpaired) electrons. The van der Waals surface area contributed by atoms with Crippen molar-refractivity contribution in [1.29, 1.82) is 0 Å². The van der Waals surface area contributed by atoms with Crippen LogP contribution in [0.4, 0.5) is 14.5 Å². The highest BCUT2D eigenvalue weighted by molar-refractivity contribution is 6.33. The van der Waals surface area contributed by atoms with Crippen molar-refractivity contribution in [2.45, 2.75) is 20.3 Å². The maximum Gasteiger partial charge on any atom is 0.150 e. The van der Waals surface area contributed by atoms with Crippen molar-refractivity contribution < 1.29 is 13.5 Å². The van der Waals surface area contributed by atoms with E-state index in [0.29, 0.717) is 25.7 Å². The smallest absolute Gasteiger partial charge is 0.150 e. The van der Waals surface area contributed by atoms with Crippen molar-refractivity contribution in [3.05, 3.63) is 28.8 Å². The predicted molar refractivity (Wildman–Crippen MR) is 70.1 cm³/mol. The second kappa shape index (κ2) is 7.54. The normalized spacial score (nSPS) is 11.0. The summed E-state index contributed by atoms with van der Waals surface area (Å²) in [6.45, 7) is 5.81. The quantitative estimate of drug-likeness (QED) is 0.758. The van der Waals surface area contributed by atoms with E-state index in [-0.39, 0.29) is 10.7 Å². The van der Waals surface area contributed by atoms with Gasteiger partial charge in [0.2, 0.25) is 0 Å². The van der Waals surface area contributed by atoms with Crippen molar-refractivity contribution in [1.82, 2.24) is 0 Å². The van der Waals surface area contributed by atoms with Gasteiger partial charge in [0.15, 0.2) is 5.82 Å². The van der Waals surface area contributed by atoms with E-state index in [4.69, 9.17) is 16.3 Å². The Kier molecular flexibility index (Phi) is 6.36. The lowest BCUT2D eigenvalue weighted by Gasteiger charge is -2.10. The number of ether oxygens (including phenoxy) is 1. The topological polar surface area (TPSA) is 21.3 Å². The highest BCUT2D eigenvalue weighted by Crippen LogP contribution is 2.25. The third-order valence-corrected chi connectivity index (χ3v) is 2.69. The van der Waals surface area contributed by atoms with E-state index in [1.54, 1.807) is 0 Å². The van der Waals surface area contributed by atoms with Gasteiger partial charge in [0.25, 0.3) is 0 Å². The minimum Gasteiger partial charge on any atom is -0.380 e. The summed E-state index contributed by atoms with van der Waals surface area (Å²) in [7, 11) is 0. The molecule has 0 aromatic heterocycles. The lowest BCUT2D eigenvalue weighted by atomic mass is 10.1. The van der Waals surface area contributed by atoms with Gasteiger partial charge < -0.3 is 10.1 Å². The molecule has 0 amide bonds. The van der Waals surface area contributed by atoms with Gasteiger partial charge in [0.1, 0.15) is 5.82 Å². The van der Waals surface area contributed by atoms with Crippen LogP contribution in [-0.4, -0.2) is 19.8 Å². The molecule has 1 aromatic carbocycles. The summed E-state index contributed by atoms with van der Waals surface area (Å²) in [5, 5.41) is 2.83. The fraction of sp³-hybridized carbons (Fsp3) is 0.538. The van der Waals surface area contributed by atoms with Crippen LogP contribution < -0.4 is 5.32 Å². The fourth-order valence-electron chi connectivity index (χ4n) is 1.38.